The van der Waals surface area contributed by atoms with E-state index in [2.05, 4.69) is 5.32 Å². The molecule has 0 aromatic heterocycles. The zero-order chi connectivity index (χ0) is 16.3. The van der Waals surface area contributed by atoms with Crippen LogP contribution in [0.4, 0.5) is 5.69 Å². The molecule has 0 unspecified atom stereocenters. The van der Waals surface area contributed by atoms with Crippen molar-refractivity contribution in [3.63, 3.8) is 0 Å². The van der Waals surface area contributed by atoms with E-state index in [1.54, 1.807) is 0 Å². The molecular weight excluding hydrogens is 325 g/mol. The predicted molar refractivity (Wildman–Crippen MR) is 88.2 cm³/mol. The van der Waals surface area contributed by atoms with Crippen molar-refractivity contribution >= 4 is 34.8 Å². The van der Waals surface area contributed by atoms with E-state index < -0.39 is 0 Å². The summed E-state index contributed by atoms with van der Waals surface area (Å²) >= 11 is 11.6. The fraction of sp³-hybridized carbons (Fsp3) is 0.188. The second-order valence-corrected chi connectivity index (χ2v) is 5.71. The van der Waals surface area contributed by atoms with Gasteiger partial charge in [0.2, 0.25) is 0 Å². The Balaban J connectivity index is 2.00. The molecule has 0 atom stereocenters. The molecule has 2 rings (SSSR count). The number of halogens is 2. The topological polar surface area (TPSA) is 58.6 Å². The molecule has 0 saturated heterocycles. The number of amides is 1. The monoisotopic (exact) mass is 339 g/mol. The van der Waals surface area contributed by atoms with Crippen LogP contribution in [-0.2, 0) is 4.79 Å². The first kappa shape index (κ1) is 16.5. The van der Waals surface area contributed by atoms with E-state index in [1.165, 1.54) is 12.1 Å². The number of anilines is 1. The van der Waals surface area contributed by atoms with Crippen molar-refractivity contribution < 1.29 is 14.6 Å². The van der Waals surface area contributed by atoms with Gasteiger partial charge in [-0.05, 0) is 43.2 Å². The average Bonchev–Trinajstić information content (AvgIpc) is 2.45. The van der Waals surface area contributed by atoms with Crippen molar-refractivity contribution in [1.29, 1.82) is 0 Å². The van der Waals surface area contributed by atoms with Crippen LogP contribution in [0.2, 0.25) is 10.0 Å². The van der Waals surface area contributed by atoms with E-state index in [1.807, 2.05) is 32.0 Å². The van der Waals surface area contributed by atoms with Gasteiger partial charge in [0, 0.05) is 5.69 Å². The van der Waals surface area contributed by atoms with E-state index in [0.717, 1.165) is 11.1 Å². The maximum absolute atomic E-state index is 11.9. The minimum Gasteiger partial charge on any atom is -0.505 e. The molecule has 0 bridgehead atoms. The molecule has 1 amide bonds. The molecule has 0 fully saturated rings. The summed E-state index contributed by atoms with van der Waals surface area (Å²) in [7, 11) is 0. The molecule has 0 heterocycles. The lowest BCUT2D eigenvalue weighted by Crippen LogP contribution is -2.20. The Morgan fingerprint density at radius 2 is 1.82 bits per heavy atom. The number of ether oxygens (including phenoxy) is 1. The number of aromatic hydroxyl groups is 1. The molecule has 4 nitrogen and oxygen atoms in total. The first-order valence-electron chi connectivity index (χ1n) is 6.54. The highest BCUT2D eigenvalue weighted by atomic mass is 35.5. The van der Waals surface area contributed by atoms with Gasteiger partial charge in [-0.2, -0.15) is 0 Å². The highest BCUT2D eigenvalue weighted by Gasteiger charge is 2.10. The predicted octanol–water partition coefficient (Wildman–Crippen LogP) is 4.33. The number of carbonyl (C=O) groups excluding carboxylic acids is 1. The van der Waals surface area contributed by atoms with Crippen LogP contribution in [0.25, 0.3) is 0 Å². The number of benzene rings is 2. The number of carbonyl (C=O) groups is 1. The van der Waals surface area contributed by atoms with Crippen molar-refractivity contribution in [1.82, 2.24) is 0 Å². The lowest BCUT2D eigenvalue weighted by Gasteiger charge is -2.11. The average molecular weight is 340 g/mol. The Morgan fingerprint density at radius 1 is 1.18 bits per heavy atom. The molecule has 116 valence electrons. The maximum atomic E-state index is 11.9. The Kier molecular flexibility index (Phi) is 5.16. The molecular formula is C16H15Cl2NO3. The number of nitrogens with one attached hydrogen (secondary N) is 1. The van der Waals surface area contributed by atoms with Crippen molar-refractivity contribution in [2.24, 2.45) is 0 Å². The largest absolute Gasteiger partial charge is 0.505 e. The van der Waals surface area contributed by atoms with Crippen LogP contribution in [0.5, 0.6) is 11.5 Å². The van der Waals surface area contributed by atoms with Crippen molar-refractivity contribution in [2.45, 2.75) is 13.8 Å². The van der Waals surface area contributed by atoms with Gasteiger partial charge in [-0.3, -0.25) is 4.79 Å². The number of hydrogen-bond donors (Lipinski definition) is 2. The molecule has 6 heteroatoms. The van der Waals surface area contributed by atoms with Crippen molar-refractivity contribution in [2.75, 3.05) is 11.9 Å². The normalized spacial score (nSPS) is 10.4. The third-order valence-corrected chi connectivity index (χ3v) is 3.58. The van der Waals surface area contributed by atoms with Crippen LogP contribution in [-0.4, -0.2) is 17.6 Å². The Hall–Kier alpha value is -1.91. The Morgan fingerprint density at radius 3 is 2.45 bits per heavy atom. The number of rotatable bonds is 4. The van der Waals surface area contributed by atoms with Gasteiger partial charge in [-0.15, -0.1) is 0 Å². The van der Waals surface area contributed by atoms with Crippen molar-refractivity contribution in [3.8, 4) is 11.5 Å². The second kappa shape index (κ2) is 6.90. The third-order valence-electron chi connectivity index (χ3n) is 3.00. The van der Waals surface area contributed by atoms with Gasteiger partial charge >= 0.3 is 0 Å². The molecule has 0 radical (unpaired) electrons. The summed E-state index contributed by atoms with van der Waals surface area (Å²) in [6.45, 7) is 3.72. The molecule has 22 heavy (non-hydrogen) atoms. The van der Waals surface area contributed by atoms with Crippen LogP contribution in [0.15, 0.2) is 30.3 Å². The molecule has 2 aromatic rings. The van der Waals surface area contributed by atoms with E-state index in [-0.39, 0.29) is 28.3 Å². The van der Waals surface area contributed by atoms with Gasteiger partial charge in [0.1, 0.15) is 5.75 Å². The summed E-state index contributed by atoms with van der Waals surface area (Å²) in [5, 5.41) is 12.2. The highest BCUT2D eigenvalue weighted by molar-refractivity contribution is 6.37. The summed E-state index contributed by atoms with van der Waals surface area (Å²) < 4.78 is 5.51. The van der Waals surface area contributed by atoms with Gasteiger partial charge in [0.15, 0.2) is 12.4 Å². The fourth-order valence-electron chi connectivity index (χ4n) is 1.84. The summed E-state index contributed by atoms with van der Waals surface area (Å²) in [6, 6.07) is 8.61. The molecule has 2 N–H and O–H groups in total. The first-order chi connectivity index (χ1) is 10.4. The van der Waals surface area contributed by atoms with Gasteiger partial charge in [-0.1, -0.05) is 35.3 Å². The smallest absolute Gasteiger partial charge is 0.262 e. The standard InChI is InChI=1S/C16H15Cl2NO3/c1-9-3-4-10(2)14(5-9)22-8-15(20)19-11-6-12(17)16(21)13(18)7-11/h3-7,21H,8H2,1-2H3,(H,19,20). The molecule has 0 aliphatic heterocycles. The van der Waals surface area contributed by atoms with E-state index in [4.69, 9.17) is 27.9 Å². The highest BCUT2D eigenvalue weighted by Crippen LogP contribution is 2.34. The fourth-order valence-corrected chi connectivity index (χ4v) is 2.33. The Bertz CT molecular complexity index is 694. The number of aryl methyl sites for hydroxylation is 2. The third kappa shape index (κ3) is 4.06. The maximum Gasteiger partial charge on any atom is 0.262 e. The number of hydrogen-bond acceptors (Lipinski definition) is 3. The number of phenols is 1. The molecule has 2 aromatic carbocycles. The summed E-state index contributed by atoms with van der Waals surface area (Å²) in [4.78, 5) is 11.9. The second-order valence-electron chi connectivity index (χ2n) is 4.89. The van der Waals surface area contributed by atoms with Gasteiger partial charge in [0.25, 0.3) is 5.91 Å². The zero-order valence-electron chi connectivity index (χ0n) is 12.1. The van der Waals surface area contributed by atoms with E-state index in [9.17, 15) is 9.90 Å². The van der Waals surface area contributed by atoms with Crippen molar-refractivity contribution in [3.05, 3.63) is 51.5 Å². The van der Waals surface area contributed by atoms with Gasteiger partial charge < -0.3 is 15.2 Å². The van der Waals surface area contributed by atoms with Crippen LogP contribution >= 0.6 is 23.2 Å². The van der Waals surface area contributed by atoms with E-state index in [0.29, 0.717) is 11.4 Å². The summed E-state index contributed by atoms with van der Waals surface area (Å²) in [5.74, 6) is 0.101. The number of phenolic OH excluding ortho intramolecular Hbond substituents is 1. The van der Waals surface area contributed by atoms with Crippen LogP contribution in [0.1, 0.15) is 11.1 Å². The lowest BCUT2D eigenvalue weighted by atomic mass is 10.1. The molecule has 0 saturated carbocycles. The van der Waals surface area contributed by atoms with Crippen LogP contribution in [0.3, 0.4) is 0 Å². The molecule has 0 aliphatic rings. The molecule has 0 spiro atoms. The first-order valence-corrected chi connectivity index (χ1v) is 7.30. The Labute approximate surface area is 138 Å². The van der Waals surface area contributed by atoms with E-state index >= 15 is 0 Å². The zero-order valence-corrected chi connectivity index (χ0v) is 13.6. The SMILES string of the molecule is Cc1ccc(C)c(OCC(=O)Nc2cc(Cl)c(O)c(Cl)c2)c1. The quantitative estimate of drug-likeness (QED) is 0.815. The minimum absolute atomic E-state index is 0.0678. The minimum atomic E-state index is -0.348. The van der Waals surface area contributed by atoms with Gasteiger partial charge in [0.05, 0.1) is 10.0 Å². The summed E-state index contributed by atoms with van der Waals surface area (Å²) in [6.07, 6.45) is 0. The van der Waals surface area contributed by atoms with Gasteiger partial charge in [-0.25, -0.2) is 0 Å². The van der Waals surface area contributed by atoms with Crippen LogP contribution in [0, 0.1) is 13.8 Å². The van der Waals surface area contributed by atoms with Crippen LogP contribution < -0.4 is 10.1 Å². The lowest BCUT2D eigenvalue weighted by molar-refractivity contribution is -0.118. The molecule has 0 aliphatic carbocycles. The summed E-state index contributed by atoms with van der Waals surface area (Å²) in [5.41, 5.74) is 2.40.